The smallest absolute Gasteiger partial charge is 0.303 e. The van der Waals surface area contributed by atoms with Crippen LogP contribution in [-0.4, -0.2) is 23.6 Å². The van der Waals surface area contributed by atoms with E-state index in [1.54, 1.807) is 18.2 Å². The molecular formula is C14H16O4. The van der Waals surface area contributed by atoms with Crippen LogP contribution >= 0.6 is 0 Å². The van der Waals surface area contributed by atoms with E-state index >= 15 is 0 Å². The van der Waals surface area contributed by atoms with Gasteiger partial charge in [0.25, 0.3) is 0 Å². The molecule has 0 heterocycles. The van der Waals surface area contributed by atoms with Crippen molar-refractivity contribution in [3.63, 3.8) is 0 Å². The van der Waals surface area contributed by atoms with Crippen molar-refractivity contribution in [1.82, 2.24) is 0 Å². The van der Waals surface area contributed by atoms with Crippen LogP contribution in [0.1, 0.15) is 26.7 Å². The average molecular weight is 248 g/mol. The molecule has 0 N–H and O–H groups in total. The van der Waals surface area contributed by atoms with Crippen LogP contribution in [0.4, 0.5) is 0 Å². The minimum absolute atomic E-state index is 0.389. The fourth-order valence-electron chi connectivity index (χ4n) is 2.24. The SMILES string of the molecule is CC(=O)OC1C=CC=CC1(OC(C)=O)C1=CCC1. The molecule has 2 aliphatic carbocycles. The van der Waals surface area contributed by atoms with E-state index in [-0.39, 0.29) is 5.97 Å². The maximum absolute atomic E-state index is 11.3. The van der Waals surface area contributed by atoms with Crippen LogP contribution in [0.15, 0.2) is 36.0 Å². The molecule has 0 fully saturated rings. The summed E-state index contributed by atoms with van der Waals surface area (Å²) >= 11 is 0. The van der Waals surface area contributed by atoms with Crippen LogP contribution in [0.25, 0.3) is 0 Å². The summed E-state index contributed by atoms with van der Waals surface area (Å²) in [6.07, 6.45) is 10.4. The lowest BCUT2D eigenvalue weighted by molar-refractivity contribution is -0.167. The van der Waals surface area contributed by atoms with Crippen molar-refractivity contribution in [2.75, 3.05) is 0 Å². The van der Waals surface area contributed by atoms with Gasteiger partial charge in [-0.2, -0.15) is 0 Å². The molecule has 0 saturated heterocycles. The highest BCUT2D eigenvalue weighted by Gasteiger charge is 2.46. The number of carbonyl (C=O) groups excluding carboxylic acids is 2. The maximum atomic E-state index is 11.3. The third-order valence-corrected chi connectivity index (χ3v) is 3.08. The predicted molar refractivity (Wildman–Crippen MR) is 65.6 cm³/mol. The summed E-state index contributed by atoms with van der Waals surface area (Å²) in [4.78, 5) is 22.5. The second-order valence-electron chi connectivity index (χ2n) is 4.43. The Bertz CT molecular complexity index is 458. The Morgan fingerprint density at radius 2 is 2.00 bits per heavy atom. The van der Waals surface area contributed by atoms with Gasteiger partial charge in [0.2, 0.25) is 0 Å². The summed E-state index contributed by atoms with van der Waals surface area (Å²) in [6.45, 7) is 2.71. The van der Waals surface area contributed by atoms with Crippen LogP contribution in [0.3, 0.4) is 0 Å². The van der Waals surface area contributed by atoms with Gasteiger partial charge in [0.05, 0.1) is 0 Å². The molecule has 2 atom stereocenters. The first-order chi connectivity index (χ1) is 8.54. The van der Waals surface area contributed by atoms with Gasteiger partial charge in [0.1, 0.15) is 0 Å². The van der Waals surface area contributed by atoms with E-state index in [4.69, 9.17) is 9.47 Å². The Morgan fingerprint density at radius 3 is 2.50 bits per heavy atom. The van der Waals surface area contributed by atoms with Gasteiger partial charge in [-0.1, -0.05) is 18.2 Å². The van der Waals surface area contributed by atoms with Crippen molar-refractivity contribution in [3.05, 3.63) is 36.0 Å². The lowest BCUT2D eigenvalue weighted by atomic mass is 9.77. The van der Waals surface area contributed by atoms with Crippen LogP contribution in [0, 0.1) is 0 Å². The average Bonchev–Trinajstić information content (AvgIpc) is 2.17. The van der Waals surface area contributed by atoms with Crippen molar-refractivity contribution < 1.29 is 19.1 Å². The van der Waals surface area contributed by atoms with E-state index in [0.29, 0.717) is 0 Å². The van der Waals surface area contributed by atoms with Gasteiger partial charge in [-0.05, 0) is 30.6 Å². The molecule has 18 heavy (non-hydrogen) atoms. The first-order valence-corrected chi connectivity index (χ1v) is 5.97. The van der Waals surface area contributed by atoms with E-state index in [2.05, 4.69) is 0 Å². The van der Waals surface area contributed by atoms with E-state index < -0.39 is 17.7 Å². The monoisotopic (exact) mass is 248 g/mol. The number of esters is 2. The van der Waals surface area contributed by atoms with Crippen LogP contribution < -0.4 is 0 Å². The quantitative estimate of drug-likeness (QED) is 0.566. The van der Waals surface area contributed by atoms with Crippen LogP contribution in [0.5, 0.6) is 0 Å². The van der Waals surface area contributed by atoms with Gasteiger partial charge in [0, 0.05) is 13.8 Å². The predicted octanol–water partition coefficient (Wildman–Crippen LogP) is 2.07. The summed E-state index contributed by atoms with van der Waals surface area (Å²) in [7, 11) is 0. The summed E-state index contributed by atoms with van der Waals surface area (Å²) in [5, 5.41) is 0. The summed E-state index contributed by atoms with van der Waals surface area (Å²) < 4.78 is 10.7. The highest BCUT2D eigenvalue weighted by molar-refractivity contribution is 5.69. The van der Waals surface area contributed by atoms with Gasteiger partial charge in [0.15, 0.2) is 11.7 Å². The zero-order valence-corrected chi connectivity index (χ0v) is 10.5. The van der Waals surface area contributed by atoms with Crippen molar-refractivity contribution >= 4 is 11.9 Å². The molecule has 0 radical (unpaired) electrons. The van der Waals surface area contributed by atoms with Gasteiger partial charge < -0.3 is 9.47 Å². The molecule has 4 nitrogen and oxygen atoms in total. The van der Waals surface area contributed by atoms with Gasteiger partial charge in [-0.15, -0.1) is 0 Å². The lowest BCUT2D eigenvalue weighted by Crippen LogP contribution is -2.49. The second-order valence-corrected chi connectivity index (χ2v) is 4.43. The number of hydrogen-bond donors (Lipinski definition) is 0. The van der Waals surface area contributed by atoms with E-state index in [9.17, 15) is 9.59 Å². The molecule has 0 aromatic rings. The minimum atomic E-state index is -0.954. The molecule has 4 heteroatoms. The molecule has 0 aromatic carbocycles. The number of carbonyl (C=O) groups is 2. The largest absolute Gasteiger partial charge is 0.453 e. The van der Waals surface area contributed by atoms with Gasteiger partial charge in [-0.3, -0.25) is 9.59 Å². The normalized spacial score (nSPS) is 29.2. The fraction of sp³-hybridized carbons (Fsp3) is 0.429. The molecule has 0 spiro atoms. The van der Waals surface area contributed by atoms with Gasteiger partial charge >= 0.3 is 11.9 Å². The maximum Gasteiger partial charge on any atom is 0.303 e. The molecule has 96 valence electrons. The molecule has 2 rings (SSSR count). The summed E-state index contributed by atoms with van der Waals surface area (Å²) in [5.74, 6) is -0.781. The van der Waals surface area contributed by atoms with Crippen LogP contribution in [-0.2, 0) is 19.1 Å². The molecule has 0 bridgehead atoms. The molecule has 0 amide bonds. The van der Waals surface area contributed by atoms with Gasteiger partial charge in [-0.25, -0.2) is 0 Å². The third-order valence-electron chi connectivity index (χ3n) is 3.08. The Balaban J connectivity index is 2.35. The number of allylic oxidation sites excluding steroid dienone is 3. The minimum Gasteiger partial charge on any atom is -0.453 e. The number of ether oxygens (including phenoxy) is 2. The number of hydrogen-bond acceptors (Lipinski definition) is 4. The molecule has 0 saturated carbocycles. The van der Waals surface area contributed by atoms with E-state index in [0.717, 1.165) is 18.4 Å². The third kappa shape index (κ3) is 2.23. The van der Waals surface area contributed by atoms with Crippen LogP contribution in [0.2, 0.25) is 0 Å². The van der Waals surface area contributed by atoms with Crippen molar-refractivity contribution in [2.45, 2.75) is 38.4 Å². The topological polar surface area (TPSA) is 52.6 Å². The fourth-order valence-corrected chi connectivity index (χ4v) is 2.24. The van der Waals surface area contributed by atoms with Crippen molar-refractivity contribution in [1.29, 1.82) is 0 Å². The first kappa shape index (κ1) is 12.6. The molecule has 2 unspecified atom stereocenters. The van der Waals surface area contributed by atoms with Crippen molar-refractivity contribution in [2.24, 2.45) is 0 Å². The van der Waals surface area contributed by atoms with E-state index in [1.165, 1.54) is 13.8 Å². The lowest BCUT2D eigenvalue weighted by Gasteiger charge is -2.41. The zero-order valence-electron chi connectivity index (χ0n) is 10.5. The highest BCUT2D eigenvalue weighted by Crippen LogP contribution is 2.40. The molecular weight excluding hydrogens is 232 g/mol. The molecule has 2 aliphatic rings. The molecule has 0 aromatic heterocycles. The first-order valence-electron chi connectivity index (χ1n) is 5.97. The Kier molecular flexibility index (Phi) is 3.36. The second kappa shape index (κ2) is 4.80. The number of rotatable bonds is 3. The van der Waals surface area contributed by atoms with E-state index in [1.807, 2.05) is 12.2 Å². The summed E-state index contributed by atoms with van der Waals surface area (Å²) in [6, 6.07) is 0. The Hall–Kier alpha value is -1.84. The molecule has 0 aliphatic heterocycles. The van der Waals surface area contributed by atoms with Crippen molar-refractivity contribution in [3.8, 4) is 0 Å². The highest BCUT2D eigenvalue weighted by atomic mass is 16.6. The Labute approximate surface area is 106 Å². The summed E-state index contributed by atoms with van der Waals surface area (Å²) in [5.41, 5.74) is 0.0365. The Morgan fingerprint density at radius 1 is 1.28 bits per heavy atom. The standard InChI is InChI=1S/C14H16O4/c1-10(15)17-13-8-3-4-9-14(13,18-11(2)16)12-6-5-7-12/h3-4,6,8-9,13H,5,7H2,1-2H3. The zero-order chi connectivity index (χ0) is 13.2.